The number of methoxy groups -OCH3 is 1. The second-order valence-corrected chi connectivity index (χ2v) is 9.44. The number of aliphatic imine (C=N–C) groups is 1. The van der Waals surface area contributed by atoms with Gasteiger partial charge in [0.2, 0.25) is 0 Å². The first-order chi connectivity index (χ1) is 19.3. The van der Waals surface area contributed by atoms with E-state index in [-0.39, 0.29) is 17.2 Å². The van der Waals surface area contributed by atoms with E-state index in [2.05, 4.69) is 40.4 Å². The monoisotopic (exact) mass is 544 g/mol. The minimum Gasteiger partial charge on any atom is -0.494 e. The lowest BCUT2D eigenvalue weighted by Crippen LogP contribution is -2.49. The van der Waals surface area contributed by atoms with Crippen molar-refractivity contribution < 1.29 is 9.53 Å². The van der Waals surface area contributed by atoms with Crippen LogP contribution in [0.2, 0.25) is 0 Å². The number of likely N-dealkylation sites (tertiary alicyclic amines) is 1. The molecule has 10 heteroatoms. The van der Waals surface area contributed by atoms with Crippen molar-refractivity contribution in [1.82, 2.24) is 15.2 Å². The van der Waals surface area contributed by atoms with Crippen LogP contribution in [0.4, 0.5) is 5.69 Å². The molecule has 1 aliphatic heterocycles. The average Bonchev–Trinajstić information content (AvgIpc) is 2.93. The van der Waals surface area contributed by atoms with Crippen LogP contribution in [0.3, 0.4) is 0 Å². The third kappa shape index (κ3) is 7.97. The van der Waals surface area contributed by atoms with Gasteiger partial charge in [0.15, 0.2) is 0 Å². The molecule has 1 saturated heterocycles. The minimum atomic E-state index is -0.471. The van der Waals surface area contributed by atoms with Gasteiger partial charge in [-0.15, -0.1) is 0 Å². The third-order valence-corrected chi connectivity index (χ3v) is 6.47. The van der Waals surface area contributed by atoms with E-state index in [0.29, 0.717) is 17.4 Å². The fourth-order valence-electron chi connectivity index (χ4n) is 4.24. The van der Waals surface area contributed by atoms with Crippen molar-refractivity contribution in [2.24, 2.45) is 28.1 Å². The van der Waals surface area contributed by atoms with Crippen molar-refractivity contribution in [1.29, 1.82) is 0 Å². The molecule has 212 valence electrons. The highest BCUT2D eigenvalue weighted by atomic mass is 16.5. The van der Waals surface area contributed by atoms with Crippen LogP contribution in [0.25, 0.3) is 5.57 Å². The lowest BCUT2D eigenvalue weighted by Gasteiger charge is -2.39. The molecule has 2 heterocycles. The largest absolute Gasteiger partial charge is 0.494 e. The Morgan fingerprint density at radius 2 is 1.98 bits per heavy atom. The van der Waals surface area contributed by atoms with Gasteiger partial charge >= 0.3 is 0 Å². The summed E-state index contributed by atoms with van der Waals surface area (Å²) >= 11 is 0. The smallest absolute Gasteiger partial charge is 0.269 e. The SMILES string of the molecule is CC/C=C/C(=C\N=C(C)C1CN(Cc2ccccn2)C1)c1cccc(N/C(C=C(N)N)=C(/N)C(=O)NC)c1OC. The molecule has 8 N–H and O–H groups in total. The van der Waals surface area contributed by atoms with Crippen LogP contribution in [-0.2, 0) is 11.3 Å². The van der Waals surface area contributed by atoms with Crippen molar-refractivity contribution in [2.75, 3.05) is 32.6 Å². The molecule has 0 aliphatic carbocycles. The predicted octanol–water partition coefficient (Wildman–Crippen LogP) is 3.08. The quantitative estimate of drug-likeness (QED) is 0.155. The number of nitrogens with one attached hydrogen (secondary N) is 2. The van der Waals surface area contributed by atoms with E-state index in [0.717, 1.165) is 48.6 Å². The fourth-order valence-corrected chi connectivity index (χ4v) is 4.24. The lowest BCUT2D eigenvalue weighted by atomic mass is 9.95. The van der Waals surface area contributed by atoms with Crippen molar-refractivity contribution in [2.45, 2.75) is 26.8 Å². The molecule has 0 saturated carbocycles. The van der Waals surface area contributed by atoms with Crippen LogP contribution >= 0.6 is 0 Å². The molecule has 1 fully saturated rings. The fraction of sp³-hybridized carbons (Fsp3) is 0.300. The highest BCUT2D eigenvalue weighted by Gasteiger charge is 2.28. The molecular weight excluding hydrogens is 504 g/mol. The van der Waals surface area contributed by atoms with Crippen LogP contribution in [0.15, 0.2) is 89.2 Å². The highest BCUT2D eigenvalue weighted by Crippen LogP contribution is 2.35. The molecular formula is C30H40N8O2. The Bertz CT molecular complexity index is 1320. The van der Waals surface area contributed by atoms with Crippen LogP contribution in [0, 0.1) is 5.92 Å². The van der Waals surface area contributed by atoms with Gasteiger partial charge in [-0.3, -0.25) is 19.7 Å². The van der Waals surface area contributed by atoms with Gasteiger partial charge in [-0.2, -0.15) is 0 Å². The molecule has 0 bridgehead atoms. The number of ether oxygens (including phenoxy) is 1. The average molecular weight is 545 g/mol. The lowest BCUT2D eigenvalue weighted by molar-refractivity contribution is -0.117. The Hall–Kier alpha value is -4.57. The molecule has 0 radical (unpaired) electrons. The number of hydrogen-bond acceptors (Lipinski definition) is 9. The predicted molar refractivity (Wildman–Crippen MR) is 162 cm³/mol. The van der Waals surface area contributed by atoms with E-state index in [1.807, 2.05) is 54.9 Å². The van der Waals surface area contributed by atoms with Crippen LogP contribution < -0.4 is 32.6 Å². The number of carbonyl (C=O) groups excluding carboxylic acids is 1. The molecule has 1 amide bonds. The summed E-state index contributed by atoms with van der Waals surface area (Å²) in [5, 5.41) is 5.66. The first-order valence-corrected chi connectivity index (χ1v) is 13.2. The van der Waals surface area contributed by atoms with Gasteiger partial charge in [0, 0.05) is 67.9 Å². The van der Waals surface area contributed by atoms with Gasteiger partial charge in [-0.05, 0) is 31.5 Å². The number of anilines is 1. The number of nitrogens with zero attached hydrogens (tertiary/aromatic N) is 3. The van der Waals surface area contributed by atoms with Crippen molar-refractivity contribution in [3.63, 3.8) is 0 Å². The summed E-state index contributed by atoms with van der Waals surface area (Å²) in [7, 11) is 3.08. The number of amides is 1. The van der Waals surface area contributed by atoms with Crippen LogP contribution in [0.1, 0.15) is 31.5 Å². The minimum absolute atomic E-state index is 0.00431. The van der Waals surface area contributed by atoms with E-state index in [1.165, 1.54) is 13.1 Å². The summed E-state index contributed by atoms with van der Waals surface area (Å²) in [6, 6.07) is 11.7. The van der Waals surface area contributed by atoms with E-state index in [9.17, 15) is 4.79 Å². The van der Waals surface area contributed by atoms with Crippen molar-refractivity contribution in [3.8, 4) is 5.75 Å². The highest BCUT2D eigenvalue weighted by molar-refractivity contribution is 5.94. The number of carbonyl (C=O) groups is 1. The van der Waals surface area contributed by atoms with Crippen molar-refractivity contribution in [3.05, 3.63) is 95.5 Å². The van der Waals surface area contributed by atoms with Crippen LogP contribution in [0.5, 0.6) is 5.75 Å². The Kier molecular flexibility index (Phi) is 10.9. The number of aromatic nitrogens is 1. The molecule has 0 unspecified atom stereocenters. The summed E-state index contributed by atoms with van der Waals surface area (Å²) in [4.78, 5) is 23.8. The third-order valence-electron chi connectivity index (χ3n) is 6.47. The molecule has 1 aromatic carbocycles. The van der Waals surface area contributed by atoms with Gasteiger partial charge < -0.3 is 32.6 Å². The summed E-state index contributed by atoms with van der Waals surface area (Å²) in [5.41, 5.74) is 22.1. The number of allylic oxidation sites excluding steroid dienone is 4. The number of rotatable bonds is 12. The first kappa shape index (κ1) is 30.0. The Morgan fingerprint density at radius 3 is 2.60 bits per heavy atom. The standard InChI is InChI=1S/C30H40N8O2/c1-5-6-10-21(16-36-20(2)22-17-38(18-22)19-23-11-7-8-14-35-23)24-12-9-13-25(29(24)40-4)37-26(15-27(31)32)28(33)30(39)34-3/h6-16,22,37H,5,17-19,31-33H2,1-4H3,(H,34,39)/b10-6+,21-16+,28-26+,36-20?. The number of likely N-dealkylation sites (N-methyl/N-ethyl adjacent to an activating group) is 1. The molecule has 0 atom stereocenters. The van der Waals surface area contributed by atoms with Crippen molar-refractivity contribution >= 4 is 22.9 Å². The zero-order chi connectivity index (χ0) is 29.1. The van der Waals surface area contributed by atoms with Gasteiger partial charge in [0.1, 0.15) is 11.4 Å². The summed E-state index contributed by atoms with van der Waals surface area (Å²) in [6.45, 7) is 6.88. The number of para-hydroxylation sites is 1. The molecule has 0 spiro atoms. The van der Waals surface area contributed by atoms with E-state index < -0.39 is 5.91 Å². The number of nitrogens with two attached hydrogens (primary N) is 3. The second kappa shape index (κ2) is 14.5. The maximum Gasteiger partial charge on any atom is 0.269 e. The number of hydrogen-bond donors (Lipinski definition) is 5. The van der Waals surface area contributed by atoms with Crippen LogP contribution in [-0.4, -0.2) is 48.7 Å². The molecule has 40 heavy (non-hydrogen) atoms. The summed E-state index contributed by atoms with van der Waals surface area (Å²) in [6.07, 6.45) is 10.1. The summed E-state index contributed by atoms with van der Waals surface area (Å²) < 4.78 is 5.82. The molecule has 10 nitrogen and oxygen atoms in total. The summed E-state index contributed by atoms with van der Waals surface area (Å²) in [5.74, 6) is 0.468. The molecule has 1 aromatic heterocycles. The first-order valence-electron chi connectivity index (χ1n) is 13.2. The van der Waals surface area contributed by atoms with E-state index in [4.69, 9.17) is 26.9 Å². The Labute approximate surface area is 236 Å². The van der Waals surface area contributed by atoms with E-state index in [1.54, 1.807) is 7.11 Å². The van der Waals surface area contributed by atoms with E-state index >= 15 is 0 Å². The van der Waals surface area contributed by atoms with Gasteiger partial charge in [0.25, 0.3) is 5.91 Å². The zero-order valence-corrected chi connectivity index (χ0v) is 23.6. The molecule has 2 aromatic rings. The normalized spacial score (nSPS) is 15.3. The van der Waals surface area contributed by atoms with Gasteiger partial charge in [-0.25, -0.2) is 0 Å². The topological polar surface area (TPSA) is 157 Å². The van der Waals surface area contributed by atoms with Gasteiger partial charge in [0.05, 0.1) is 30.0 Å². The zero-order valence-electron chi connectivity index (χ0n) is 23.6. The Morgan fingerprint density at radius 1 is 1.20 bits per heavy atom. The second-order valence-electron chi connectivity index (χ2n) is 9.44. The maximum atomic E-state index is 12.2. The molecule has 1 aliphatic rings. The Balaban J connectivity index is 1.88. The number of benzene rings is 1. The van der Waals surface area contributed by atoms with Gasteiger partial charge in [-0.1, -0.05) is 37.3 Å². The molecule has 3 rings (SSSR count). The number of pyridine rings is 1. The maximum absolute atomic E-state index is 12.2.